The van der Waals surface area contributed by atoms with E-state index in [4.69, 9.17) is 4.74 Å². The van der Waals surface area contributed by atoms with Crippen molar-refractivity contribution in [1.82, 2.24) is 10.2 Å². The number of likely N-dealkylation sites (N-methyl/N-ethyl adjacent to an activating group) is 1. The van der Waals surface area contributed by atoms with Gasteiger partial charge in [-0.2, -0.15) is 0 Å². The summed E-state index contributed by atoms with van der Waals surface area (Å²) in [4.78, 5) is 36.9. The third kappa shape index (κ3) is 5.52. The molecule has 1 aromatic heterocycles. The molecule has 0 saturated carbocycles. The lowest BCUT2D eigenvalue weighted by molar-refractivity contribution is -0.136. The molecule has 0 radical (unpaired) electrons. The number of ether oxygens (including phenoxy) is 1. The second-order valence-electron chi connectivity index (χ2n) is 4.40. The molecule has 0 unspecified atom stereocenters. The van der Waals surface area contributed by atoms with Crippen LogP contribution in [0.2, 0.25) is 0 Å². The molecule has 0 aromatic carbocycles. The molecule has 0 bridgehead atoms. The minimum Gasteiger partial charge on any atom is -0.462 e. The van der Waals surface area contributed by atoms with Gasteiger partial charge in [-0.15, -0.1) is 11.3 Å². The lowest BCUT2D eigenvalue weighted by Crippen LogP contribution is -2.38. The fourth-order valence-electron chi connectivity index (χ4n) is 1.41. The topological polar surface area (TPSA) is 87.7 Å². The van der Waals surface area contributed by atoms with Crippen LogP contribution in [0.25, 0.3) is 0 Å². The van der Waals surface area contributed by atoms with E-state index < -0.39 is 17.8 Å². The van der Waals surface area contributed by atoms with Gasteiger partial charge in [0.15, 0.2) is 0 Å². The molecule has 8 heteroatoms. The molecule has 1 heterocycles. The Kier molecular flexibility index (Phi) is 6.83. The Labute approximate surface area is 127 Å². The van der Waals surface area contributed by atoms with Gasteiger partial charge in [0, 0.05) is 13.1 Å². The summed E-state index contributed by atoms with van der Waals surface area (Å²) in [6.07, 6.45) is 0. The van der Waals surface area contributed by atoms with E-state index >= 15 is 0 Å². The molecule has 116 valence electrons. The molecular formula is C13H19N3O4S. The monoisotopic (exact) mass is 313 g/mol. The van der Waals surface area contributed by atoms with Gasteiger partial charge in [-0.05, 0) is 32.5 Å². The first-order chi connectivity index (χ1) is 9.95. The third-order valence-electron chi connectivity index (χ3n) is 2.44. The van der Waals surface area contributed by atoms with Crippen LogP contribution in [-0.2, 0) is 14.3 Å². The number of esters is 1. The predicted octanol–water partition coefficient (Wildman–Crippen LogP) is 0.541. The van der Waals surface area contributed by atoms with E-state index in [9.17, 15) is 14.4 Å². The summed E-state index contributed by atoms with van der Waals surface area (Å²) in [5.41, 5.74) is 0.247. The van der Waals surface area contributed by atoms with E-state index in [0.717, 1.165) is 11.3 Å². The fraction of sp³-hybridized carbons (Fsp3) is 0.462. The van der Waals surface area contributed by atoms with Crippen LogP contribution in [0.4, 0.5) is 5.00 Å². The van der Waals surface area contributed by atoms with E-state index in [2.05, 4.69) is 10.6 Å². The number of anilines is 1. The Hall–Kier alpha value is -1.93. The van der Waals surface area contributed by atoms with Gasteiger partial charge in [0.05, 0.1) is 12.2 Å². The van der Waals surface area contributed by atoms with E-state index in [1.165, 1.54) is 0 Å². The zero-order chi connectivity index (χ0) is 15.8. The van der Waals surface area contributed by atoms with Crippen LogP contribution in [0, 0.1) is 0 Å². The third-order valence-corrected chi connectivity index (χ3v) is 3.27. The zero-order valence-corrected chi connectivity index (χ0v) is 13.1. The molecule has 0 spiro atoms. The highest BCUT2D eigenvalue weighted by atomic mass is 32.1. The number of carbonyl (C=O) groups is 3. The van der Waals surface area contributed by atoms with Gasteiger partial charge in [0.25, 0.3) is 0 Å². The van der Waals surface area contributed by atoms with Crippen molar-refractivity contribution in [2.75, 3.05) is 39.1 Å². The molecule has 0 aliphatic carbocycles. The van der Waals surface area contributed by atoms with Crippen LogP contribution in [0.15, 0.2) is 11.4 Å². The van der Waals surface area contributed by atoms with Gasteiger partial charge in [-0.1, -0.05) is 0 Å². The smallest absolute Gasteiger partial charge is 0.341 e. The zero-order valence-electron chi connectivity index (χ0n) is 12.3. The lowest BCUT2D eigenvalue weighted by Gasteiger charge is -2.10. The first-order valence-corrected chi connectivity index (χ1v) is 7.32. The Morgan fingerprint density at radius 2 is 2.00 bits per heavy atom. The Balaban J connectivity index is 2.57. The quantitative estimate of drug-likeness (QED) is 0.591. The summed E-state index contributed by atoms with van der Waals surface area (Å²) in [7, 11) is 3.73. The number of nitrogens with one attached hydrogen (secondary N) is 2. The summed E-state index contributed by atoms with van der Waals surface area (Å²) in [5.74, 6) is -2.07. The maximum atomic E-state index is 11.7. The Bertz CT molecular complexity index is 513. The minimum absolute atomic E-state index is 0.243. The number of hydrogen-bond donors (Lipinski definition) is 2. The summed E-state index contributed by atoms with van der Waals surface area (Å²) in [6.45, 7) is 2.94. The summed E-state index contributed by atoms with van der Waals surface area (Å²) in [6, 6.07) is 1.54. The second-order valence-corrected chi connectivity index (χ2v) is 5.31. The lowest BCUT2D eigenvalue weighted by atomic mass is 10.3. The van der Waals surface area contributed by atoms with Crippen LogP contribution in [-0.4, -0.2) is 56.5 Å². The van der Waals surface area contributed by atoms with E-state index in [1.54, 1.807) is 18.4 Å². The van der Waals surface area contributed by atoms with Crippen molar-refractivity contribution in [3.8, 4) is 0 Å². The van der Waals surface area contributed by atoms with Crippen LogP contribution >= 0.6 is 11.3 Å². The molecule has 1 rings (SSSR count). The average molecular weight is 313 g/mol. The highest BCUT2D eigenvalue weighted by Crippen LogP contribution is 2.23. The van der Waals surface area contributed by atoms with Crippen molar-refractivity contribution >= 4 is 34.1 Å². The number of amides is 2. The van der Waals surface area contributed by atoms with Crippen molar-refractivity contribution in [3.63, 3.8) is 0 Å². The van der Waals surface area contributed by atoms with Gasteiger partial charge >= 0.3 is 17.8 Å². The maximum absolute atomic E-state index is 11.7. The highest BCUT2D eigenvalue weighted by Gasteiger charge is 2.19. The predicted molar refractivity (Wildman–Crippen MR) is 80.5 cm³/mol. The Morgan fingerprint density at radius 3 is 2.62 bits per heavy atom. The van der Waals surface area contributed by atoms with E-state index in [0.29, 0.717) is 18.1 Å². The van der Waals surface area contributed by atoms with Gasteiger partial charge in [0.1, 0.15) is 5.00 Å². The van der Waals surface area contributed by atoms with Crippen molar-refractivity contribution in [2.45, 2.75) is 6.92 Å². The summed E-state index contributed by atoms with van der Waals surface area (Å²) < 4.78 is 4.87. The highest BCUT2D eigenvalue weighted by molar-refractivity contribution is 7.14. The number of hydrogen-bond acceptors (Lipinski definition) is 6. The second kappa shape index (κ2) is 8.38. The van der Waals surface area contributed by atoms with Gasteiger partial charge < -0.3 is 20.3 Å². The largest absolute Gasteiger partial charge is 0.462 e. The molecule has 7 nitrogen and oxygen atoms in total. The molecule has 0 fully saturated rings. The minimum atomic E-state index is -0.804. The molecular weight excluding hydrogens is 294 g/mol. The maximum Gasteiger partial charge on any atom is 0.341 e. The van der Waals surface area contributed by atoms with Crippen molar-refractivity contribution < 1.29 is 19.1 Å². The molecule has 0 atom stereocenters. The van der Waals surface area contributed by atoms with Gasteiger partial charge in [0.2, 0.25) is 0 Å². The molecule has 1 aromatic rings. The number of thiophene rings is 1. The number of nitrogens with zero attached hydrogens (tertiary/aromatic N) is 1. The van der Waals surface area contributed by atoms with Crippen LogP contribution in [0.1, 0.15) is 17.3 Å². The summed E-state index contributed by atoms with van der Waals surface area (Å²) in [5, 5.41) is 6.87. The van der Waals surface area contributed by atoms with Crippen LogP contribution < -0.4 is 10.6 Å². The molecule has 21 heavy (non-hydrogen) atoms. The van der Waals surface area contributed by atoms with Crippen LogP contribution in [0.3, 0.4) is 0 Å². The van der Waals surface area contributed by atoms with Crippen molar-refractivity contribution in [2.24, 2.45) is 0 Å². The van der Waals surface area contributed by atoms with Gasteiger partial charge in [-0.25, -0.2) is 4.79 Å². The number of carbonyl (C=O) groups excluding carboxylic acids is 3. The standard InChI is InChI=1S/C13H19N3O4S/c1-4-20-13(19)9-5-8-21-12(9)15-11(18)10(17)14-6-7-16(2)3/h5,8H,4,6-7H2,1-3H3,(H,14,17)(H,15,18). The van der Waals surface area contributed by atoms with Gasteiger partial charge in [-0.3, -0.25) is 9.59 Å². The normalized spacial score (nSPS) is 10.3. The van der Waals surface area contributed by atoms with Crippen molar-refractivity contribution in [3.05, 3.63) is 17.0 Å². The molecule has 0 aliphatic heterocycles. The molecule has 2 amide bonds. The number of rotatable bonds is 6. The van der Waals surface area contributed by atoms with Crippen molar-refractivity contribution in [1.29, 1.82) is 0 Å². The SMILES string of the molecule is CCOC(=O)c1ccsc1NC(=O)C(=O)NCCN(C)C. The fourth-order valence-corrected chi connectivity index (χ4v) is 2.18. The van der Waals surface area contributed by atoms with E-state index in [-0.39, 0.29) is 12.2 Å². The molecule has 0 saturated heterocycles. The molecule has 2 N–H and O–H groups in total. The first kappa shape index (κ1) is 17.1. The molecule has 0 aliphatic rings. The average Bonchev–Trinajstić information content (AvgIpc) is 2.86. The Morgan fingerprint density at radius 1 is 1.29 bits per heavy atom. The van der Waals surface area contributed by atoms with Crippen LogP contribution in [0.5, 0.6) is 0 Å². The summed E-state index contributed by atoms with van der Waals surface area (Å²) >= 11 is 1.16. The van der Waals surface area contributed by atoms with E-state index in [1.807, 2.05) is 19.0 Å². The first-order valence-electron chi connectivity index (χ1n) is 6.44.